The van der Waals surface area contributed by atoms with Gasteiger partial charge in [-0.2, -0.15) is 0 Å². The molecule has 9 heteroatoms. The predicted octanol–water partition coefficient (Wildman–Crippen LogP) is 5.43. The Hall–Kier alpha value is -4.53. The number of halogens is 2. The van der Waals surface area contributed by atoms with Crippen LogP contribution in [0.2, 0.25) is 0 Å². The molecule has 0 atom stereocenters. The summed E-state index contributed by atoms with van der Waals surface area (Å²) in [6.45, 7) is 0.259. The van der Waals surface area contributed by atoms with Gasteiger partial charge in [0.25, 0.3) is 5.91 Å². The van der Waals surface area contributed by atoms with Gasteiger partial charge in [-0.05, 0) is 60.2 Å². The summed E-state index contributed by atoms with van der Waals surface area (Å²) in [7, 11) is 5.51. The SMILES string of the molecule is CNc1c(NC)n(NC)c2ccc(NC(=O)c3cc4cc(F)ccc4n3Cc3cccc(F)c3)cc12. The molecule has 0 aliphatic heterocycles. The molecule has 7 nitrogen and oxygen atoms in total. The highest BCUT2D eigenvalue weighted by atomic mass is 19.1. The number of aromatic nitrogens is 2. The molecule has 0 spiro atoms. The maximum atomic E-state index is 13.9. The lowest BCUT2D eigenvalue weighted by molar-refractivity contribution is 0.101. The Kier molecular flexibility index (Phi) is 5.97. The summed E-state index contributed by atoms with van der Waals surface area (Å²) in [4.78, 5) is 13.5. The van der Waals surface area contributed by atoms with E-state index in [-0.39, 0.29) is 18.3 Å². The summed E-state index contributed by atoms with van der Waals surface area (Å²) < 4.78 is 31.5. The third kappa shape index (κ3) is 3.98. The fourth-order valence-electron chi connectivity index (χ4n) is 4.70. The molecule has 3 aromatic carbocycles. The zero-order valence-electron chi connectivity index (χ0n) is 20.1. The molecule has 0 saturated carbocycles. The van der Waals surface area contributed by atoms with Crippen molar-refractivity contribution in [2.75, 3.05) is 42.5 Å². The second kappa shape index (κ2) is 9.26. The number of carbonyl (C=O) groups excluding carboxylic acids is 1. The first-order valence-electron chi connectivity index (χ1n) is 11.5. The van der Waals surface area contributed by atoms with E-state index in [9.17, 15) is 13.6 Å². The smallest absolute Gasteiger partial charge is 0.272 e. The summed E-state index contributed by atoms with van der Waals surface area (Å²) in [5.74, 6) is -0.244. The van der Waals surface area contributed by atoms with Gasteiger partial charge in [-0.3, -0.25) is 4.79 Å². The number of benzene rings is 3. The molecule has 36 heavy (non-hydrogen) atoms. The highest BCUT2D eigenvalue weighted by Gasteiger charge is 2.19. The number of hydrogen-bond donors (Lipinski definition) is 4. The first kappa shape index (κ1) is 23.2. The van der Waals surface area contributed by atoms with E-state index in [0.717, 1.165) is 22.4 Å². The number of carbonyl (C=O) groups is 1. The van der Waals surface area contributed by atoms with Gasteiger partial charge in [-0.25, -0.2) is 13.5 Å². The zero-order chi connectivity index (χ0) is 25.4. The minimum Gasteiger partial charge on any atom is -0.385 e. The monoisotopic (exact) mass is 488 g/mol. The number of amides is 1. The van der Waals surface area contributed by atoms with Crippen molar-refractivity contribution >= 4 is 44.9 Å². The van der Waals surface area contributed by atoms with Gasteiger partial charge in [0.2, 0.25) is 0 Å². The third-order valence-corrected chi connectivity index (χ3v) is 6.26. The Morgan fingerprint density at radius 1 is 0.861 bits per heavy atom. The first-order valence-corrected chi connectivity index (χ1v) is 11.5. The third-order valence-electron chi connectivity index (χ3n) is 6.26. The van der Waals surface area contributed by atoms with Crippen molar-refractivity contribution in [2.45, 2.75) is 6.54 Å². The average Bonchev–Trinajstić information content (AvgIpc) is 3.37. The number of rotatable bonds is 7. The topological polar surface area (TPSA) is 75.1 Å². The van der Waals surface area contributed by atoms with Crippen molar-refractivity contribution in [3.8, 4) is 0 Å². The second-order valence-corrected chi connectivity index (χ2v) is 8.42. The van der Waals surface area contributed by atoms with E-state index in [4.69, 9.17) is 0 Å². The average molecular weight is 489 g/mol. The second-order valence-electron chi connectivity index (χ2n) is 8.42. The lowest BCUT2D eigenvalue weighted by Crippen LogP contribution is -2.17. The van der Waals surface area contributed by atoms with Gasteiger partial charge in [-0.15, -0.1) is 0 Å². The fraction of sp³-hybridized carbons (Fsp3) is 0.148. The van der Waals surface area contributed by atoms with Crippen LogP contribution in [0.25, 0.3) is 21.8 Å². The minimum atomic E-state index is -0.392. The van der Waals surface area contributed by atoms with E-state index in [1.807, 2.05) is 44.0 Å². The molecular weight excluding hydrogens is 462 g/mol. The lowest BCUT2D eigenvalue weighted by atomic mass is 10.2. The van der Waals surface area contributed by atoms with E-state index in [2.05, 4.69) is 21.4 Å². The molecule has 0 fully saturated rings. The number of hydrogen-bond acceptors (Lipinski definition) is 4. The molecule has 1 amide bonds. The van der Waals surface area contributed by atoms with Gasteiger partial charge in [-0.1, -0.05) is 12.1 Å². The first-order chi connectivity index (χ1) is 17.4. The zero-order valence-corrected chi connectivity index (χ0v) is 20.1. The van der Waals surface area contributed by atoms with Gasteiger partial charge >= 0.3 is 0 Å². The molecule has 0 radical (unpaired) electrons. The van der Waals surface area contributed by atoms with Crippen LogP contribution < -0.4 is 21.4 Å². The Labute approximate surface area is 206 Å². The maximum Gasteiger partial charge on any atom is 0.272 e. The Balaban J connectivity index is 1.55. The highest BCUT2D eigenvalue weighted by Crippen LogP contribution is 2.35. The summed E-state index contributed by atoms with van der Waals surface area (Å²) in [5, 5.41) is 10.9. The van der Waals surface area contributed by atoms with Gasteiger partial charge < -0.3 is 25.9 Å². The molecule has 5 rings (SSSR count). The molecule has 0 bridgehead atoms. The number of anilines is 3. The fourth-order valence-corrected chi connectivity index (χ4v) is 4.70. The normalized spacial score (nSPS) is 11.1. The van der Waals surface area contributed by atoms with Gasteiger partial charge in [0.15, 0.2) is 0 Å². The molecule has 2 heterocycles. The van der Waals surface area contributed by atoms with Gasteiger partial charge in [0, 0.05) is 49.7 Å². The van der Waals surface area contributed by atoms with E-state index >= 15 is 0 Å². The van der Waals surface area contributed by atoms with Crippen LogP contribution in [-0.4, -0.2) is 36.3 Å². The summed E-state index contributed by atoms with van der Waals surface area (Å²) in [6.07, 6.45) is 0. The Morgan fingerprint density at radius 2 is 1.64 bits per heavy atom. The van der Waals surface area contributed by atoms with Crippen LogP contribution in [0.3, 0.4) is 0 Å². The molecule has 5 aromatic rings. The van der Waals surface area contributed by atoms with Crippen LogP contribution in [-0.2, 0) is 6.54 Å². The van der Waals surface area contributed by atoms with Crippen LogP contribution in [0.4, 0.5) is 26.0 Å². The van der Waals surface area contributed by atoms with Crippen LogP contribution in [0, 0.1) is 11.6 Å². The summed E-state index contributed by atoms with van der Waals surface area (Å²) in [5.41, 5.74) is 7.29. The van der Waals surface area contributed by atoms with Crippen molar-refractivity contribution in [2.24, 2.45) is 0 Å². The van der Waals surface area contributed by atoms with Crippen molar-refractivity contribution < 1.29 is 13.6 Å². The van der Waals surface area contributed by atoms with E-state index in [1.165, 1.54) is 24.3 Å². The van der Waals surface area contributed by atoms with Gasteiger partial charge in [0.1, 0.15) is 23.1 Å². The van der Waals surface area contributed by atoms with E-state index in [1.54, 1.807) is 28.8 Å². The molecule has 0 aliphatic rings. The molecule has 0 saturated heterocycles. The molecule has 0 unspecified atom stereocenters. The Morgan fingerprint density at radius 3 is 2.36 bits per heavy atom. The number of nitrogens with zero attached hydrogens (tertiary/aromatic N) is 2. The van der Waals surface area contributed by atoms with Crippen molar-refractivity contribution in [1.82, 2.24) is 9.24 Å². The Bertz CT molecular complexity index is 1600. The van der Waals surface area contributed by atoms with E-state index in [0.29, 0.717) is 27.8 Å². The largest absolute Gasteiger partial charge is 0.385 e. The number of nitrogens with one attached hydrogen (secondary N) is 4. The van der Waals surface area contributed by atoms with Crippen LogP contribution in [0.5, 0.6) is 0 Å². The van der Waals surface area contributed by atoms with Gasteiger partial charge in [0.05, 0.1) is 11.2 Å². The molecule has 4 N–H and O–H groups in total. The van der Waals surface area contributed by atoms with Crippen LogP contribution in [0.15, 0.2) is 66.7 Å². The van der Waals surface area contributed by atoms with Crippen molar-refractivity contribution in [1.29, 1.82) is 0 Å². The molecule has 184 valence electrons. The molecule has 0 aliphatic carbocycles. The summed E-state index contributed by atoms with van der Waals surface area (Å²) >= 11 is 0. The van der Waals surface area contributed by atoms with E-state index < -0.39 is 5.82 Å². The molecular formula is C27H26F2N6O. The number of fused-ring (bicyclic) bond motifs is 2. The van der Waals surface area contributed by atoms with Crippen molar-refractivity contribution in [3.63, 3.8) is 0 Å². The van der Waals surface area contributed by atoms with Crippen LogP contribution >= 0.6 is 0 Å². The maximum absolute atomic E-state index is 13.9. The van der Waals surface area contributed by atoms with Crippen LogP contribution in [0.1, 0.15) is 16.1 Å². The summed E-state index contributed by atoms with van der Waals surface area (Å²) in [6, 6.07) is 17.9. The predicted molar refractivity (Wildman–Crippen MR) is 142 cm³/mol. The highest BCUT2D eigenvalue weighted by molar-refractivity contribution is 6.08. The van der Waals surface area contributed by atoms with Crippen molar-refractivity contribution in [3.05, 3.63) is 89.6 Å². The minimum absolute atomic E-state index is 0.259. The standard InChI is InChI=1S/C27H26F2N6O/c1-30-25-21-14-20(8-10-23(21)35(32-3)26(25)31-2)33-27(36)24-13-17-12-19(29)7-9-22(17)34(24)15-16-5-4-6-18(28)11-16/h4-14,30-32H,15H2,1-3H3,(H,33,36). The quantitative estimate of drug-likeness (QED) is 0.246. The molecule has 2 aromatic heterocycles. The lowest BCUT2D eigenvalue weighted by Gasteiger charge is -2.12.